The third-order valence-corrected chi connectivity index (χ3v) is 2.27. The first-order valence-corrected chi connectivity index (χ1v) is 5.56. The lowest BCUT2D eigenvalue weighted by Gasteiger charge is -2.07. The number of nitrogens with zero attached hydrogens (tertiary/aromatic N) is 1. The summed E-state index contributed by atoms with van der Waals surface area (Å²) >= 11 is 0. The maximum absolute atomic E-state index is 10.5. The predicted octanol–water partition coefficient (Wildman–Crippen LogP) is 1.76. The molecule has 0 aliphatic rings. The van der Waals surface area contributed by atoms with Gasteiger partial charge in [0, 0.05) is 0 Å². The van der Waals surface area contributed by atoms with Crippen molar-refractivity contribution in [1.29, 1.82) is 0 Å². The van der Waals surface area contributed by atoms with E-state index in [1.807, 2.05) is 24.3 Å². The minimum Gasteiger partial charge on any atom is -0.493 e. The van der Waals surface area contributed by atoms with E-state index >= 15 is 0 Å². The minimum absolute atomic E-state index is 0.619. The predicted molar refractivity (Wildman–Crippen MR) is 74.4 cm³/mol. The van der Waals surface area contributed by atoms with Crippen LogP contribution in [-0.4, -0.2) is 26.0 Å². The van der Waals surface area contributed by atoms with Crippen LogP contribution >= 0.6 is 0 Å². The molecule has 1 aromatic carbocycles. The van der Waals surface area contributed by atoms with E-state index in [1.165, 1.54) is 0 Å². The van der Waals surface area contributed by atoms with Crippen molar-refractivity contribution in [2.45, 2.75) is 6.92 Å². The van der Waals surface area contributed by atoms with E-state index in [9.17, 15) is 4.79 Å². The Balaban J connectivity index is 2.82. The Hall–Kier alpha value is -2.50. The van der Waals surface area contributed by atoms with Crippen molar-refractivity contribution in [2.75, 3.05) is 14.2 Å². The summed E-state index contributed by atoms with van der Waals surface area (Å²) in [7, 11) is 3.16. The van der Waals surface area contributed by atoms with E-state index in [0.29, 0.717) is 17.2 Å². The molecule has 3 N–H and O–H groups in total. The molecule has 0 radical (unpaired) electrons. The smallest absolute Gasteiger partial charge is 0.332 e. The molecule has 2 amide bonds. The van der Waals surface area contributed by atoms with Crippen molar-refractivity contribution in [3.63, 3.8) is 0 Å². The number of amides is 2. The van der Waals surface area contributed by atoms with Gasteiger partial charge in [-0.1, -0.05) is 12.1 Å². The molecule has 6 nitrogen and oxygen atoms in total. The number of methoxy groups -OCH3 is 2. The summed E-state index contributed by atoms with van der Waals surface area (Å²) in [5.41, 5.74) is 8.60. The van der Waals surface area contributed by atoms with Gasteiger partial charge in [0.15, 0.2) is 11.5 Å². The van der Waals surface area contributed by atoms with Crippen molar-refractivity contribution < 1.29 is 14.3 Å². The van der Waals surface area contributed by atoms with Gasteiger partial charge in [0.2, 0.25) is 0 Å². The van der Waals surface area contributed by atoms with Crippen LogP contribution in [0.2, 0.25) is 0 Å². The van der Waals surface area contributed by atoms with Gasteiger partial charge in [0.05, 0.1) is 19.9 Å². The third kappa shape index (κ3) is 4.71. The number of carbonyl (C=O) groups is 1. The lowest BCUT2D eigenvalue weighted by Crippen LogP contribution is -2.25. The van der Waals surface area contributed by atoms with Crippen LogP contribution in [0.15, 0.2) is 29.4 Å². The monoisotopic (exact) mass is 263 g/mol. The lowest BCUT2D eigenvalue weighted by atomic mass is 10.1. The summed E-state index contributed by atoms with van der Waals surface area (Å²) in [5, 5.41) is 3.76. The van der Waals surface area contributed by atoms with Gasteiger partial charge < -0.3 is 15.2 Å². The molecule has 0 spiro atoms. The Kier molecular flexibility index (Phi) is 5.40. The highest BCUT2D eigenvalue weighted by molar-refractivity contribution is 5.96. The average molecular weight is 263 g/mol. The second-order valence-corrected chi connectivity index (χ2v) is 3.68. The van der Waals surface area contributed by atoms with E-state index in [-0.39, 0.29) is 0 Å². The summed E-state index contributed by atoms with van der Waals surface area (Å²) in [6.07, 6.45) is 3.58. The number of allylic oxidation sites excluding steroid dienone is 1. The summed E-state index contributed by atoms with van der Waals surface area (Å²) in [4.78, 5) is 10.5. The zero-order valence-corrected chi connectivity index (χ0v) is 11.1. The van der Waals surface area contributed by atoms with Gasteiger partial charge in [-0.2, -0.15) is 5.10 Å². The molecule has 0 atom stereocenters. The average Bonchev–Trinajstić information content (AvgIpc) is 2.42. The fourth-order valence-corrected chi connectivity index (χ4v) is 1.35. The van der Waals surface area contributed by atoms with Crippen LogP contribution in [-0.2, 0) is 0 Å². The molecule has 0 bridgehead atoms. The molecule has 0 unspecified atom stereocenters. The van der Waals surface area contributed by atoms with Crippen molar-refractivity contribution in [3.8, 4) is 11.5 Å². The second-order valence-electron chi connectivity index (χ2n) is 3.68. The SMILES string of the molecule is COc1ccc(/C=C\C(C)=N\NC(N)=O)cc1OC. The van der Waals surface area contributed by atoms with E-state index in [4.69, 9.17) is 15.2 Å². The fourth-order valence-electron chi connectivity index (χ4n) is 1.35. The summed E-state index contributed by atoms with van der Waals surface area (Å²) in [6.45, 7) is 1.74. The first-order valence-electron chi connectivity index (χ1n) is 5.56. The molecule has 1 rings (SSSR count). The van der Waals surface area contributed by atoms with Crippen LogP contribution in [0.1, 0.15) is 12.5 Å². The topological polar surface area (TPSA) is 85.9 Å². The molecule has 0 heterocycles. The first-order chi connectivity index (χ1) is 9.06. The van der Waals surface area contributed by atoms with Gasteiger partial charge in [0.1, 0.15) is 0 Å². The van der Waals surface area contributed by atoms with Crippen molar-refractivity contribution >= 4 is 17.8 Å². The van der Waals surface area contributed by atoms with Crippen LogP contribution in [0.4, 0.5) is 4.79 Å². The number of rotatable bonds is 5. The van der Waals surface area contributed by atoms with Crippen molar-refractivity contribution in [1.82, 2.24) is 5.43 Å². The molecule has 102 valence electrons. The van der Waals surface area contributed by atoms with Crippen LogP contribution in [0.3, 0.4) is 0 Å². The van der Waals surface area contributed by atoms with Gasteiger partial charge in [-0.15, -0.1) is 0 Å². The molecule has 0 aromatic heterocycles. The van der Waals surface area contributed by atoms with Gasteiger partial charge in [0.25, 0.3) is 0 Å². The van der Waals surface area contributed by atoms with E-state index in [2.05, 4.69) is 10.5 Å². The Labute approximate surface area is 111 Å². The second kappa shape index (κ2) is 7.05. The minimum atomic E-state index is -0.695. The molecule has 0 saturated carbocycles. The van der Waals surface area contributed by atoms with Crippen LogP contribution < -0.4 is 20.6 Å². The van der Waals surface area contributed by atoms with Crippen molar-refractivity contribution in [2.24, 2.45) is 10.8 Å². The Morgan fingerprint density at radius 1 is 1.32 bits per heavy atom. The Bertz CT molecular complexity index is 510. The normalized spacial score (nSPS) is 11.4. The van der Waals surface area contributed by atoms with Crippen LogP contribution in [0.5, 0.6) is 11.5 Å². The molecule has 0 saturated heterocycles. The number of hydrogen-bond acceptors (Lipinski definition) is 4. The van der Waals surface area contributed by atoms with Gasteiger partial charge in [-0.25, -0.2) is 10.2 Å². The highest BCUT2D eigenvalue weighted by Crippen LogP contribution is 2.27. The highest BCUT2D eigenvalue weighted by atomic mass is 16.5. The molecular weight excluding hydrogens is 246 g/mol. The number of benzene rings is 1. The lowest BCUT2D eigenvalue weighted by molar-refractivity contribution is 0.249. The summed E-state index contributed by atoms with van der Waals surface area (Å²) in [5.74, 6) is 1.31. The van der Waals surface area contributed by atoms with E-state index in [0.717, 1.165) is 5.56 Å². The molecule has 0 aliphatic carbocycles. The highest BCUT2D eigenvalue weighted by Gasteiger charge is 2.02. The maximum atomic E-state index is 10.5. The number of primary amides is 1. The first kappa shape index (κ1) is 14.6. The Morgan fingerprint density at radius 3 is 2.58 bits per heavy atom. The third-order valence-electron chi connectivity index (χ3n) is 2.27. The summed E-state index contributed by atoms with van der Waals surface area (Å²) in [6, 6.07) is 4.84. The van der Waals surface area contributed by atoms with E-state index < -0.39 is 6.03 Å². The van der Waals surface area contributed by atoms with Gasteiger partial charge >= 0.3 is 6.03 Å². The van der Waals surface area contributed by atoms with Crippen LogP contribution in [0.25, 0.3) is 6.08 Å². The standard InChI is InChI=1S/C13H17N3O3/c1-9(15-16-13(14)17)4-5-10-6-7-11(18-2)12(8-10)19-3/h4-8H,1-3H3,(H3,14,16,17)/b5-4-,15-9+. The van der Waals surface area contributed by atoms with Gasteiger partial charge in [-0.3, -0.25) is 0 Å². The largest absolute Gasteiger partial charge is 0.493 e. The fraction of sp³-hybridized carbons (Fsp3) is 0.231. The molecule has 6 heteroatoms. The number of hydrogen-bond donors (Lipinski definition) is 2. The Morgan fingerprint density at radius 2 is 2.00 bits per heavy atom. The number of ether oxygens (including phenoxy) is 2. The van der Waals surface area contributed by atoms with Gasteiger partial charge in [-0.05, 0) is 30.7 Å². The van der Waals surface area contributed by atoms with Crippen molar-refractivity contribution in [3.05, 3.63) is 29.8 Å². The van der Waals surface area contributed by atoms with Crippen LogP contribution in [0, 0.1) is 0 Å². The number of hydrazone groups is 1. The zero-order chi connectivity index (χ0) is 14.3. The maximum Gasteiger partial charge on any atom is 0.332 e. The molecule has 1 aromatic rings. The number of carbonyl (C=O) groups excluding carboxylic acids is 1. The molecule has 0 fully saturated rings. The number of urea groups is 1. The quantitative estimate of drug-likeness (QED) is 0.627. The molecular formula is C13H17N3O3. The molecule has 19 heavy (non-hydrogen) atoms. The number of nitrogens with one attached hydrogen (secondary N) is 1. The molecule has 0 aliphatic heterocycles. The van der Waals surface area contributed by atoms with E-state index in [1.54, 1.807) is 27.2 Å². The zero-order valence-electron chi connectivity index (χ0n) is 11.1. The summed E-state index contributed by atoms with van der Waals surface area (Å²) < 4.78 is 10.3. The number of nitrogens with two attached hydrogens (primary N) is 1.